The molecule has 4 nitrogen and oxygen atoms in total. The Morgan fingerprint density at radius 2 is 1.50 bits per heavy atom. The molecular formula is C13H6Cl5NO3. The van der Waals surface area contributed by atoms with E-state index in [1.807, 2.05) is 0 Å². The SMILES string of the molecule is COc1nc(C(=O)O)ccc1-c1c(Cl)c(Cl)c(Cl)c(Cl)c1Cl. The molecule has 0 spiro atoms. The van der Waals surface area contributed by atoms with Gasteiger partial charge in [-0.15, -0.1) is 0 Å². The van der Waals surface area contributed by atoms with E-state index in [-0.39, 0.29) is 42.3 Å². The Balaban J connectivity index is 2.80. The number of nitrogens with zero attached hydrogens (tertiary/aromatic N) is 1. The molecule has 0 aliphatic rings. The molecule has 0 saturated carbocycles. The van der Waals surface area contributed by atoms with Crippen LogP contribution in [-0.4, -0.2) is 23.2 Å². The van der Waals surface area contributed by atoms with Gasteiger partial charge >= 0.3 is 5.97 Å². The lowest BCUT2D eigenvalue weighted by Gasteiger charge is -2.15. The van der Waals surface area contributed by atoms with Crippen molar-refractivity contribution in [3.63, 3.8) is 0 Å². The lowest BCUT2D eigenvalue weighted by atomic mass is 10.1. The van der Waals surface area contributed by atoms with E-state index in [1.165, 1.54) is 19.2 Å². The Hall–Kier alpha value is -0.910. The van der Waals surface area contributed by atoms with Crippen molar-refractivity contribution in [3.05, 3.63) is 42.9 Å². The molecule has 0 aliphatic heterocycles. The predicted octanol–water partition coefficient (Wildman–Crippen LogP) is 5.72. The molecular weight excluding hydrogens is 395 g/mol. The van der Waals surface area contributed by atoms with Crippen molar-refractivity contribution >= 4 is 64.0 Å². The van der Waals surface area contributed by atoms with E-state index in [0.29, 0.717) is 5.56 Å². The fraction of sp³-hybridized carbons (Fsp3) is 0.0769. The van der Waals surface area contributed by atoms with Crippen LogP contribution in [0.4, 0.5) is 0 Å². The summed E-state index contributed by atoms with van der Waals surface area (Å²) in [7, 11) is 1.33. The minimum absolute atomic E-state index is 0.0122. The van der Waals surface area contributed by atoms with Gasteiger partial charge in [0.2, 0.25) is 5.88 Å². The number of pyridine rings is 1. The molecule has 0 saturated heterocycles. The number of methoxy groups -OCH3 is 1. The van der Waals surface area contributed by atoms with Gasteiger partial charge in [0.15, 0.2) is 5.69 Å². The number of rotatable bonds is 3. The summed E-state index contributed by atoms with van der Waals surface area (Å²) in [5.41, 5.74) is 0.394. The zero-order valence-electron chi connectivity index (χ0n) is 10.8. The Kier molecular flexibility index (Phi) is 5.30. The van der Waals surface area contributed by atoms with Crippen molar-refractivity contribution in [2.45, 2.75) is 0 Å². The molecule has 0 fully saturated rings. The summed E-state index contributed by atoms with van der Waals surface area (Å²) in [6.07, 6.45) is 0. The summed E-state index contributed by atoms with van der Waals surface area (Å²) in [6, 6.07) is 2.73. The third kappa shape index (κ3) is 2.94. The summed E-state index contributed by atoms with van der Waals surface area (Å²) >= 11 is 30.3. The molecule has 1 aromatic carbocycles. The molecule has 0 amide bonds. The molecule has 2 aromatic rings. The molecule has 1 N–H and O–H groups in total. The lowest BCUT2D eigenvalue weighted by molar-refractivity contribution is 0.0689. The van der Waals surface area contributed by atoms with Crippen LogP contribution in [0.2, 0.25) is 25.1 Å². The first-order valence-electron chi connectivity index (χ1n) is 5.59. The lowest BCUT2D eigenvalue weighted by Crippen LogP contribution is -2.03. The van der Waals surface area contributed by atoms with Crippen molar-refractivity contribution in [1.82, 2.24) is 4.98 Å². The molecule has 0 atom stereocenters. The predicted molar refractivity (Wildman–Crippen MR) is 88.2 cm³/mol. The van der Waals surface area contributed by atoms with Gasteiger partial charge in [-0.3, -0.25) is 0 Å². The van der Waals surface area contributed by atoms with E-state index in [1.54, 1.807) is 0 Å². The van der Waals surface area contributed by atoms with Crippen LogP contribution in [0.15, 0.2) is 12.1 Å². The van der Waals surface area contributed by atoms with Gasteiger partial charge in [-0.1, -0.05) is 58.0 Å². The van der Waals surface area contributed by atoms with Gasteiger partial charge in [0.05, 0.1) is 32.2 Å². The molecule has 22 heavy (non-hydrogen) atoms. The summed E-state index contributed by atoms with van der Waals surface area (Å²) in [5, 5.41) is 9.16. The van der Waals surface area contributed by atoms with Gasteiger partial charge in [0.25, 0.3) is 0 Å². The van der Waals surface area contributed by atoms with E-state index in [4.69, 9.17) is 67.8 Å². The number of ether oxygens (including phenoxy) is 1. The quantitative estimate of drug-likeness (QED) is 0.528. The molecule has 0 bridgehead atoms. The first-order valence-corrected chi connectivity index (χ1v) is 7.48. The van der Waals surface area contributed by atoms with Gasteiger partial charge in [0, 0.05) is 11.1 Å². The normalized spacial score (nSPS) is 10.6. The fourth-order valence-electron chi connectivity index (χ4n) is 1.75. The van der Waals surface area contributed by atoms with E-state index in [0.717, 1.165) is 0 Å². The van der Waals surface area contributed by atoms with Crippen molar-refractivity contribution in [1.29, 1.82) is 0 Å². The molecule has 0 unspecified atom stereocenters. The van der Waals surface area contributed by atoms with Crippen LogP contribution in [0.5, 0.6) is 5.88 Å². The number of aromatic carboxylic acids is 1. The van der Waals surface area contributed by atoms with Crippen LogP contribution in [0, 0.1) is 0 Å². The van der Waals surface area contributed by atoms with Crippen molar-refractivity contribution in [2.24, 2.45) is 0 Å². The standard InChI is InChI=1S/C13H6Cl5NO3/c1-22-12-4(2-3-5(19-12)13(20)21)6-7(14)9(16)11(18)10(17)8(6)15/h2-3H,1H3,(H,20,21). The average molecular weight is 401 g/mol. The Morgan fingerprint density at radius 3 is 1.95 bits per heavy atom. The van der Waals surface area contributed by atoms with Crippen LogP contribution >= 0.6 is 58.0 Å². The van der Waals surface area contributed by atoms with Gasteiger partial charge in [0.1, 0.15) is 0 Å². The second kappa shape index (κ2) is 6.69. The maximum absolute atomic E-state index is 11.0. The highest BCUT2D eigenvalue weighted by Crippen LogP contribution is 2.49. The number of carboxylic acids is 1. The summed E-state index contributed by atoms with van der Waals surface area (Å²) in [6.45, 7) is 0. The van der Waals surface area contributed by atoms with Gasteiger partial charge in [-0.05, 0) is 12.1 Å². The molecule has 116 valence electrons. The molecule has 1 heterocycles. The van der Waals surface area contributed by atoms with Crippen LogP contribution < -0.4 is 4.74 Å². The number of aromatic nitrogens is 1. The number of hydrogen-bond donors (Lipinski definition) is 1. The summed E-state index contributed by atoms with van der Waals surface area (Å²) < 4.78 is 5.10. The van der Waals surface area contributed by atoms with Crippen molar-refractivity contribution < 1.29 is 14.6 Å². The Bertz CT molecular complexity index is 750. The zero-order valence-corrected chi connectivity index (χ0v) is 14.5. The number of carboxylic acid groups (broad SMARTS) is 1. The van der Waals surface area contributed by atoms with Crippen LogP contribution in [0.1, 0.15) is 10.5 Å². The minimum atomic E-state index is -1.20. The maximum atomic E-state index is 11.0. The second-order valence-corrected chi connectivity index (χ2v) is 5.89. The minimum Gasteiger partial charge on any atom is -0.481 e. The number of carbonyl (C=O) groups is 1. The molecule has 9 heteroatoms. The smallest absolute Gasteiger partial charge is 0.354 e. The van der Waals surface area contributed by atoms with Gasteiger partial charge in [-0.2, -0.15) is 0 Å². The largest absolute Gasteiger partial charge is 0.481 e. The molecule has 1 aromatic heterocycles. The highest BCUT2D eigenvalue weighted by Gasteiger charge is 2.23. The highest BCUT2D eigenvalue weighted by molar-refractivity contribution is 6.56. The van der Waals surface area contributed by atoms with Gasteiger partial charge < -0.3 is 9.84 Å². The summed E-state index contributed by atoms with van der Waals surface area (Å²) in [4.78, 5) is 14.8. The van der Waals surface area contributed by atoms with Crippen molar-refractivity contribution in [2.75, 3.05) is 7.11 Å². The summed E-state index contributed by atoms with van der Waals surface area (Å²) in [5.74, 6) is -1.19. The maximum Gasteiger partial charge on any atom is 0.354 e. The Morgan fingerprint density at radius 1 is 1.00 bits per heavy atom. The number of benzene rings is 1. The molecule has 0 aliphatic carbocycles. The van der Waals surface area contributed by atoms with Crippen LogP contribution in [0.3, 0.4) is 0 Å². The number of halogens is 5. The van der Waals surface area contributed by atoms with E-state index < -0.39 is 5.97 Å². The monoisotopic (exact) mass is 399 g/mol. The second-order valence-electron chi connectivity index (χ2n) is 4.00. The van der Waals surface area contributed by atoms with Gasteiger partial charge in [-0.25, -0.2) is 9.78 Å². The molecule has 0 radical (unpaired) electrons. The fourth-order valence-corrected chi connectivity index (χ4v) is 3.09. The third-order valence-electron chi connectivity index (χ3n) is 2.75. The first kappa shape index (κ1) is 17.4. The first-order chi connectivity index (χ1) is 10.3. The van der Waals surface area contributed by atoms with E-state index in [9.17, 15) is 4.79 Å². The van der Waals surface area contributed by atoms with Crippen LogP contribution in [0.25, 0.3) is 11.1 Å². The average Bonchev–Trinajstić information content (AvgIpc) is 2.51. The highest BCUT2D eigenvalue weighted by atomic mass is 35.5. The van der Waals surface area contributed by atoms with Crippen molar-refractivity contribution in [3.8, 4) is 17.0 Å². The van der Waals surface area contributed by atoms with E-state index >= 15 is 0 Å². The number of hydrogen-bond acceptors (Lipinski definition) is 3. The van der Waals surface area contributed by atoms with E-state index in [2.05, 4.69) is 4.98 Å². The Labute approximate surface area is 150 Å². The zero-order chi connectivity index (χ0) is 16.6. The topological polar surface area (TPSA) is 59.4 Å². The molecule has 2 rings (SSSR count). The third-order valence-corrected chi connectivity index (χ3v) is 5.03. The van der Waals surface area contributed by atoms with Crippen LogP contribution in [-0.2, 0) is 0 Å².